The summed E-state index contributed by atoms with van der Waals surface area (Å²) < 4.78 is 9.40. The lowest BCUT2D eigenvalue weighted by molar-refractivity contribution is -0.172. The van der Waals surface area contributed by atoms with E-state index in [-0.39, 0.29) is 13.2 Å². The van der Waals surface area contributed by atoms with Crippen LogP contribution in [0.25, 0.3) is 0 Å². The summed E-state index contributed by atoms with van der Waals surface area (Å²) in [6, 6.07) is 0. The second kappa shape index (κ2) is 5.70. The Bertz CT molecular complexity index is 210. The van der Waals surface area contributed by atoms with Gasteiger partial charge in [0.25, 0.3) is 0 Å². The Morgan fingerprint density at radius 1 is 1.13 bits per heavy atom. The van der Waals surface area contributed by atoms with Crippen LogP contribution in [0.4, 0.5) is 0 Å². The molecular weight excluding hydrogens is 200 g/mol. The van der Waals surface area contributed by atoms with Gasteiger partial charge >= 0.3 is 11.9 Å². The fraction of sp³-hybridized carbons (Fsp3) is 0.800. The lowest BCUT2D eigenvalue weighted by Gasteiger charge is -2.25. The summed E-state index contributed by atoms with van der Waals surface area (Å²) >= 11 is 0. The first-order valence-electron chi connectivity index (χ1n) is 4.90. The third-order valence-electron chi connectivity index (χ3n) is 1.75. The van der Waals surface area contributed by atoms with Gasteiger partial charge in [-0.1, -0.05) is 0 Å². The smallest absolute Gasteiger partial charge is 0.323 e. The van der Waals surface area contributed by atoms with Gasteiger partial charge < -0.3 is 14.6 Å². The highest BCUT2D eigenvalue weighted by atomic mass is 16.6. The van der Waals surface area contributed by atoms with Crippen LogP contribution in [0.15, 0.2) is 0 Å². The Morgan fingerprint density at radius 2 is 1.47 bits per heavy atom. The molecule has 0 unspecified atom stereocenters. The maximum Gasteiger partial charge on any atom is 0.323 e. The zero-order valence-electron chi connectivity index (χ0n) is 9.57. The molecule has 1 N–H and O–H groups in total. The highest BCUT2D eigenvalue weighted by molar-refractivity contribution is 5.96. The van der Waals surface area contributed by atoms with Gasteiger partial charge in [-0.25, -0.2) is 0 Å². The summed E-state index contributed by atoms with van der Waals surface area (Å²) in [5, 5.41) is 9.67. The fourth-order valence-electron chi connectivity index (χ4n) is 1.12. The minimum atomic E-state index is -1.49. The molecule has 0 aliphatic rings. The minimum absolute atomic E-state index is 0.158. The van der Waals surface area contributed by atoms with Crippen molar-refractivity contribution >= 4 is 11.9 Å². The molecule has 5 nitrogen and oxygen atoms in total. The number of esters is 2. The summed E-state index contributed by atoms with van der Waals surface area (Å²) in [6.45, 7) is 6.31. The summed E-state index contributed by atoms with van der Waals surface area (Å²) in [7, 11) is 0. The third-order valence-corrected chi connectivity index (χ3v) is 1.75. The van der Waals surface area contributed by atoms with Gasteiger partial charge in [-0.05, 0) is 27.7 Å². The standard InChI is InChI=1S/C10H18O5/c1-5-14-8(11)7(10(3,4)13)9(12)15-6-2/h7,13H,5-6H2,1-4H3. The molecule has 5 heteroatoms. The van der Waals surface area contributed by atoms with E-state index in [1.807, 2.05) is 0 Å². The van der Waals surface area contributed by atoms with E-state index in [1.165, 1.54) is 13.8 Å². The van der Waals surface area contributed by atoms with E-state index in [9.17, 15) is 14.7 Å². The van der Waals surface area contributed by atoms with Gasteiger partial charge in [-0.3, -0.25) is 9.59 Å². The van der Waals surface area contributed by atoms with Gasteiger partial charge in [0.05, 0.1) is 18.8 Å². The Hall–Kier alpha value is -1.10. The number of rotatable bonds is 5. The molecule has 0 spiro atoms. The molecule has 0 aromatic rings. The molecule has 0 saturated carbocycles. The van der Waals surface area contributed by atoms with Crippen LogP contribution in [0.1, 0.15) is 27.7 Å². The molecule has 0 fully saturated rings. The number of carbonyl (C=O) groups excluding carboxylic acids is 2. The van der Waals surface area contributed by atoms with Crippen molar-refractivity contribution in [2.45, 2.75) is 33.3 Å². The van der Waals surface area contributed by atoms with Gasteiger partial charge in [-0.2, -0.15) is 0 Å². The Kier molecular flexibility index (Phi) is 5.28. The topological polar surface area (TPSA) is 72.8 Å². The van der Waals surface area contributed by atoms with Crippen molar-refractivity contribution in [2.75, 3.05) is 13.2 Å². The zero-order valence-corrected chi connectivity index (χ0v) is 9.57. The van der Waals surface area contributed by atoms with Crippen LogP contribution < -0.4 is 0 Å². The van der Waals surface area contributed by atoms with Crippen molar-refractivity contribution in [1.82, 2.24) is 0 Å². The molecule has 0 atom stereocenters. The van der Waals surface area contributed by atoms with Gasteiger partial charge in [0, 0.05) is 0 Å². The van der Waals surface area contributed by atoms with Gasteiger partial charge in [0.1, 0.15) is 0 Å². The average Bonchev–Trinajstić information content (AvgIpc) is 2.01. The average molecular weight is 218 g/mol. The fourth-order valence-corrected chi connectivity index (χ4v) is 1.12. The minimum Gasteiger partial charge on any atom is -0.465 e. The van der Waals surface area contributed by atoms with Gasteiger partial charge in [0.15, 0.2) is 5.92 Å². The number of carbonyl (C=O) groups is 2. The quantitative estimate of drug-likeness (QED) is 0.537. The molecule has 0 radical (unpaired) electrons. The van der Waals surface area contributed by atoms with Crippen LogP contribution in [0.2, 0.25) is 0 Å². The monoisotopic (exact) mass is 218 g/mol. The summed E-state index contributed by atoms with van der Waals surface area (Å²) in [5.41, 5.74) is -1.49. The van der Waals surface area contributed by atoms with Crippen LogP contribution in [-0.2, 0) is 19.1 Å². The third kappa shape index (κ3) is 4.29. The van der Waals surface area contributed by atoms with Gasteiger partial charge in [0.2, 0.25) is 0 Å². The van der Waals surface area contributed by atoms with E-state index < -0.39 is 23.5 Å². The highest BCUT2D eigenvalue weighted by Crippen LogP contribution is 2.19. The molecule has 0 aromatic carbocycles. The van der Waals surface area contributed by atoms with Crippen molar-refractivity contribution in [3.8, 4) is 0 Å². The first-order chi connectivity index (χ1) is 6.84. The second-order valence-electron chi connectivity index (χ2n) is 3.59. The van der Waals surface area contributed by atoms with Crippen molar-refractivity contribution in [3.05, 3.63) is 0 Å². The molecule has 0 heterocycles. The van der Waals surface area contributed by atoms with E-state index in [1.54, 1.807) is 13.8 Å². The van der Waals surface area contributed by atoms with Crippen molar-refractivity contribution < 1.29 is 24.2 Å². The lowest BCUT2D eigenvalue weighted by Crippen LogP contribution is -2.44. The predicted molar refractivity (Wildman–Crippen MR) is 53.1 cm³/mol. The first kappa shape index (κ1) is 13.9. The molecule has 0 saturated heterocycles. The maximum absolute atomic E-state index is 11.4. The maximum atomic E-state index is 11.4. The van der Waals surface area contributed by atoms with E-state index in [0.717, 1.165) is 0 Å². The molecule has 88 valence electrons. The van der Waals surface area contributed by atoms with Crippen molar-refractivity contribution in [2.24, 2.45) is 5.92 Å². The van der Waals surface area contributed by atoms with Gasteiger partial charge in [-0.15, -0.1) is 0 Å². The molecule has 0 aromatic heterocycles. The molecule has 15 heavy (non-hydrogen) atoms. The van der Waals surface area contributed by atoms with Crippen LogP contribution in [-0.4, -0.2) is 35.9 Å². The number of hydrogen-bond donors (Lipinski definition) is 1. The zero-order chi connectivity index (χ0) is 12.1. The SMILES string of the molecule is CCOC(=O)C(C(=O)OCC)C(C)(C)O. The molecule has 0 bridgehead atoms. The Labute approximate surface area is 89.4 Å². The molecule has 0 rings (SSSR count). The van der Waals surface area contributed by atoms with E-state index in [2.05, 4.69) is 0 Å². The van der Waals surface area contributed by atoms with E-state index >= 15 is 0 Å². The van der Waals surface area contributed by atoms with E-state index in [4.69, 9.17) is 9.47 Å². The Balaban J connectivity index is 4.74. The number of hydrogen-bond acceptors (Lipinski definition) is 5. The second-order valence-corrected chi connectivity index (χ2v) is 3.59. The molecular formula is C10H18O5. The number of aliphatic hydroxyl groups is 1. The van der Waals surface area contributed by atoms with Crippen LogP contribution in [0, 0.1) is 5.92 Å². The number of ether oxygens (including phenoxy) is 2. The Morgan fingerprint density at radius 3 is 1.67 bits per heavy atom. The van der Waals surface area contributed by atoms with Crippen LogP contribution in [0.5, 0.6) is 0 Å². The van der Waals surface area contributed by atoms with Crippen LogP contribution in [0.3, 0.4) is 0 Å². The molecule has 0 aliphatic heterocycles. The summed E-state index contributed by atoms with van der Waals surface area (Å²) in [4.78, 5) is 22.8. The van der Waals surface area contributed by atoms with Crippen molar-refractivity contribution in [3.63, 3.8) is 0 Å². The summed E-state index contributed by atoms with van der Waals surface area (Å²) in [5.74, 6) is -2.82. The van der Waals surface area contributed by atoms with Crippen LogP contribution >= 0.6 is 0 Å². The largest absolute Gasteiger partial charge is 0.465 e. The van der Waals surface area contributed by atoms with E-state index in [0.29, 0.717) is 0 Å². The van der Waals surface area contributed by atoms with Crippen molar-refractivity contribution in [1.29, 1.82) is 0 Å². The first-order valence-corrected chi connectivity index (χ1v) is 4.90. The summed E-state index contributed by atoms with van der Waals surface area (Å²) in [6.07, 6.45) is 0. The normalized spacial score (nSPS) is 11.3. The highest BCUT2D eigenvalue weighted by Gasteiger charge is 2.42. The predicted octanol–water partition coefficient (Wildman–Crippen LogP) is 0.500. The molecule has 0 aliphatic carbocycles. The molecule has 0 amide bonds. The lowest BCUT2D eigenvalue weighted by atomic mass is 9.91.